The molecular weight excluding hydrogens is 292 g/mol. The summed E-state index contributed by atoms with van der Waals surface area (Å²) >= 11 is 0. The third-order valence-electron chi connectivity index (χ3n) is 5.14. The molecule has 1 aromatic carbocycles. The molecule has 23 heavy (non-hydrogen) atoms. The highest BCUT2D eigenvalue weighted by Gasteiger charge is 2.42. The lowest BCUT2D eigenvalue weighted by atomic mass is 9.93. The average Bonchev–Trinajstić information content (AvgIpc) is 3.32. The zero-order chi connectivity index (χ0) is 15.7. The summed E-state index contributed by atoms with van der Waals surface area (Å²) in [5.41, 5.74) is 1.94. The summed E-state index contributed by atoms with van der Waals surface area (Å²) in [6, 6.07) is 6.07. The van der Waals surface area contributed by atoms with Crippen LogP contribution in [0.15, 0.2) is 23.4 Å². The van der Waals surface area contributed by atoms with Crippen molar-refractivity contribution in [2.75, 3.05) is 20.2 Å². The van der Waals surface area contributed by atoms with E-state index in [2.05, 4.69) is 16.5 Å². The van der Waals surface area contributed by atoms with E-state index in [1.54, 1.807) is 7.11 Å². The topological polar surface area (TPSA) is 52.1 Å². The Morgan fingerprint density at radius 1 is 1.26 bits per heavy atom. The van der Waals surface area contributed by atoms with E-state index in [0.717, 1.165) is 61.5 Å². The van der Waals surface area contributed by atoms with Gasteiger partial charge in [0.1, 0.15) is 0 Å². The van der Waals surface area contributed by atoms with Crippen molar-refractivity contribution in [3.8, 4) is 11.5 Å². The molecule has 1 atom stereocenters. The Labute approximate surface area is 137 Å². The predicted molar refractivity (Wildman–Crippen MR) is 88.3 cm³/mol. The van der Waals surface area contributed by atoms with E-state index in [1.807, 2.05) is 12.1 Å². The summed E-state index contributed by atoms with van der Waals surface area (Å²) in [5.74, 6) is 1.61. The van der Waals surface area contributed by atoms with Crippen LogP contribution in [0.3, 0.4) is 0 Å². The van der Waals surface area contributed by atoms with Crippen LogP contribution in [-0.4, -0.2) is 37.6 Å². The lowest BCUT2D eigenvalue weighted by molar-refractivity contribution is -0.00190. The van der Waals surface area contributed by atoms with Gasteiger partial charge in [-0.2, -0.15) is 0 Å². The average molecular weight is 316 g/mol. The smallest absolute Gasteiger partial charge is 0.162 e. The Kier molecular flexibility index (Phi) is 3.89. The second-order valence-corrected chi connectivity index (χ2v) is 6.81. The number of methoxy groups -OCH3 is 1. The van der Waals surface area contributed by atoms with Gasteiger partial charge in [0.05, 0.1) is 18.9 Å². The molecule has 1 saturated heterocycles. The van der Waals surface area contributed by atoms with Crippen LogP contribution in [-0.2, 0) is 4.84 Å². The van der Waals surface area contributed by atoms with Gasteiger partial charge >= 0.3 is 0 Å². The fraction of sp³-hybridized carbons (Fsp3) is 0.611. The molecule has 0 radical (unpaired) electrons. The number of benzene rings is 1. The van der Waals surface area contributed by atoms with E-state index in [-0.39, 0.29) is 5.60 Å². The number of rotatable bonds is 4. The Morgan fingerprint density at radius 3 is 2.87 bits per heavy atom. The number of oxime groups is 1. The molecule has 1 aromatic rings. The van der Waals surface area contributed by atoms with Gasteiger partial charge in [-0.05, 0) is 50.4 Å². The fourth-order valence-corrected chi connectivity index (χ4v) is 3.76. The molecule has 3 aliphatic rings. The van der Waals surface area contributed by atoms with Crippen LogP contribution < -0.4 is 14.8 Å². The minimum Gasteiger partial charge on any atom is -0.493 e. The summed E-state index contributed by atoms with van der Waals surface area (Å²) in [6.45, 7) is 1.88. The highest BCUT2D eigenvalue weighted by molar-refractivity contribution is 6.02. The van der Waals surface area contributed by atoms with Gasteiger partial charge in [-0.15, -0.1) is 0 Å². The molecule has 2 fully saturated rings. The number of nitrogens with zero attached hydrogens (tertiary/aromatic N) is 1. The summed E-state index contributed by atoms with van der Waals surface area (Å²) in [6.07, 6.45) is 6.95. The Morgan fingerprint density at radius 2 is 2.13 bits per heavy atom. The third kappa shape index (κ3) is 2.90. The van der Waals surface area contributed by atoms with Crippen molar-refractivity contribution in [3.63, 3.8) is 0 Å². The van der Waals surface area contributed by atoms with Crippen molar-refractivity contribution in [3.05, 3.63) is 23.8 Å². The molecule has 0 bridgehead atoms. The van der Waals surface area contributed by atoms with Crippen molar-refractivity contribution in [1.82, 2.24) is 5.32 Å². The SMILES string of the molecule is COc1ccc(C2=NOC3(CCNC3)C2)cc1OC1CCCC1. The molecule has 5 nitrogen and oxygen atoms in total. The van der Waals surface area contributed by atoms with Gasteiger partial charge in [0.2, 0.25) is 0 Å². The first-order valence-electron chi connectivity index (χ1n) is 8.59. The van der Waals surface area contributed by atoms with Crippen LogP contribution in [0.5, 0.6) is 11.5 Å². The summed E-state index contributed by atoms with van der Waals surface area (Å²) in [5, 5.41) is 7.71. The van der Waals surface area contributed by atoms with Gasteiger partial charge in [-0.1, -0.05) is 5.16 Å². The maximum Gasteiger partial charge on any atom is 0.162 e. The van der Waals surface area contributed by atoms with E-state index in [9.17, 15) is 0 Å². The molecule has 1 N–H and O–H groups in total. The minimum absolute atomic E-state index is 0.137. The highest BCUT2D eigenvalue weighted by atomic mass is 16.7. The first-order chi connectivity index (χ1) is 11.3. The molecule has 2 heterocycles. The normalized spacial score (nSPS) is 27.3. The van der Waals surface area contributed by atoms with Gasteiger partial charge in [0, 0.05) is 24.9 Å². The predicted octanol–water partition coefficient (Wildman–Crippen LogP) is 2.87. The third-order valence-corrected chi connectivity index (χ3v) is 5.14. The Balaban J connectivity index is 1.54. The molecular formula is C18H24N2O3. The van der Waals surface area contributed by atoms with Crippen molar-refractivity contribution < 1.29 is 14.3 Å². The zero-order valence-corrected chi connectivity index (χ0v) is 13.6. The monoisotopic (exact) mass is 316 g/mol. The maximum absolute atomic E-state index is 6.18. The Bertz CT molecular complexity index is 602. The molecule has 124 valence electrons. The van der Waals surface area contributed by atoms with Crippen LogP contribution in [0, 0.1) is 0 Å². The number of hydrogen-bond acceptors (Lipinski definition) is 5. The van der Waals surface area contributed by atoms with Crippen LogP contribution >= 0.6 is 0 Å². The second kappa shape index (κ2) is 6.04. The largest absolute Gasteiger partial charge is 0.493 e. The number of ether oxygens (including phenoxy) is 2. The molecule has 2 aliphatic heterocycles. The molecule has 1 saturated carbocycles. The first kappa shape index (κ1) is 14.8. The quantitative estimate of drug-likeness (QED) is 0.928. The van der Waals surface area contributed by atoms with E-state index in [1.165, 1.54) is 12.8 Å². The van der Waals surface area contributed by atoms with Crippen molar-refractivity contribution in [1.29, 1.82) is 0 Å². The maximum atomic E-state index is 6.18. The molecule has 4 rings (SSSR count). The highest BCUT2D eigenvalue weighted by Crippen LogP contribution is 2.36. The molecule has 1 aliphatic carbocycles. The Hall–Kier alpha value is -1.75. The lowest BCUT2D eigenvalue weighted by Gasteiger charge is -2.19. The van der Waals surface area contributed by atoms with Gasteiger partial charge in [0.15, 0.2) is 17.1 Å². The zero-order valence-electron chi connectivity index (χ0n) is 13.6. The van der Waals surface area contributed by atoms with E-state index < -0.39 is 0 Å². The van der Waals surface area contributed by atoms with E-state index in [4.69, 9.17) is 14.3 Å². The van der Waals surface area contributed by atoms with E-state index in [0.29, 0.717) is 6.10 Å². The van der Waals surface area contributed by atoms with Crippen molar-refractivity contribution >= 4 is 5.71 Å². The van der Waals surface area contributed by atoms with Crippen molar-refractivity contribution in [2.45, 2.75) is 50.2 Å². The number of nitrogens with one attached hydrogen (secondary N) is 1. The van der Waals surface area contributed by atoms with Crippen LogP contribution in [0.1, 0.15) is 44.1 Å². The van der Waals surface area contributed by atoms with Crippen LogP contribution in [0.25, 0.3) is 0 Å². The number of hydrogen-bond donors (Lipinski definition) is 1. The summed E-state index contributed by atoms with van der Waals surface area (Å²) < 4.78 is 11.6. The van der Waals surface area contributed by atoms with Gasteiger partial charge in [-0.3, -0.25) is 0 Å². The summed E-state index contributed by atoms with van der Waals surface area (Å²) in [4.78, 5) is 5.75. The molecule has 1 unspecified atom stereocenters. The van der Waals surface area contributed by atoms with Gasteiger partial charge in [-0.25, -0.2) is 0 Å². The molecule has 5 heteroatoms. The fourth-order valence-electron chi connectivity index (χ4n) is 3.76. The minimum atomic E-state index is -0.137. The molecule has 1 spiro atoms. The standard InChI is InChI=1S/C18H24N2O3/c1-21-16-7-6-13(10-17(16)22-14-4-2-3-5-14)15-11-18(23-20-15)8-9-19-12-18/h6-7,10,14,19H,2-5,8-9,11-12H2,1H3. The van der Waals surface area contributed by atoms with Crippen LogP contribution in [0.4, 0.5) is 0 Å². The second-order valence-electron chi connectivity index (χ2n) is 6.81. The van der Waals surface area contributed by atoms with Gasteiger partial charge < -0.3 is 19.6 Å². The van der Waals surface area contributed by atoms with Crippen molar-refractivity contribution in [2.24, 2.45) is 5.16 Å². The summed E-state index contributed by atoms with van der Waals surface area (Å²) in [7, 11) is 1.69. The first-order valence-corrected chi connectivity index (χ1v) is 8.59. The van der Waals surface area contributed by atoms with Crippen LogP contribution in [0.2, 0.25) is 0 Å². The van der Waals surface area contributed by atoms with E-state index >= 15 is 0 Å². The molecule has 0 amide bonds. The van der Waals surface area contributed by atoms with Gasteiger partial charge in [0.25, 0.3) is 0 Å². The molecule has 0 aromatic heterocycles. The lowest BCUT2D eigenvalue weighted by Crippen LogP contribution is -2.31.